The lowest BCUT2D eigenvalue weighted by molar-refractivity contribution is -0.141. The number of aromatic amines is 1. The predicted octanol–water partition coefficient (Wildman–Crippen LogP) is 5.03. The highest BCUT2D eigenvalue weighted by atomic mass is 19.4. The number of amidine groups is 1. The number of hydrogen-bond acceptors (Lipinski definition) is 5. The Hall–Kier alpha value is -4.48. The van der Waals surface area contributed by atoms with Gasteiger partial charge in [0.05, 0.1) is 28.1 Å². The number of hydrogen-bond donors (Lipinski definition) is 4. The molecule has 0 saturated carbocycles. The second kappa shape index (κ2) is 8.63. The van der Waals surface area contributed by atoms with Gasteiger partial charge in [-0.3, -0.25) is 10.4 Å². The minimum atomic E-state index is -4.65. The van der Waals surface area contributed by atoms with E-state index in [0.717, 1.165) is 10.7 Å². The van der Waals surface area contributed by atoms with E-state index < -0.39 is 17.7 Å². The van der Waals surface area contributed by atoms with Gasteiger partial charge in [0.15, 0.2) is 5.69 Å². The van der Waals surface area contributed by atoms with Crippen molar-refractivity contribution < 1.29 is 17.6 Å². The number of anilines is 1. The van der Waals surface area contributed by atoms with Crippen molar-refractivity contribution >= 4 is 33.5 Å². The SMILES string of the molecule is CCNc1cc(F)cc2c1[nH]c1ncc(-c3cncc(CC(=N)N)c3)c(-n3ccc(C(F)(F)F)n3)c12. The van der Waals surface area contributed by atoms with Crippen molar-refractivity contribution in [2.75, 3.05) is 11.9 Å². The lowest BCUT2D eigenvalue weighted by Crippen LogP contribution is -2.12. The zero-order valence-corrected chi connectivity index (χ0v) is 18.9. The van der Waals surface area contributed by atoms with E-state index in [-0.39, 0.29) is 17.9 Å². The standard InChI is InChI=1S/C24H20F4N8/c1-2-32-17-8-14(25)7-15-20-22(36-4-3-18(35-36)24(26,27)28)16(11-33-23(20)34-21(15)17)13-5-12(6-19(29)30)9-31-10-13/h3-5,7-11,32H,2,6H2,1H3,(H3,29,30)(H,33,34). The third-order valence-electron chi connectivity index (χ3n) is 5.64. The van der Waals surface area contributed by atoms with Gasteiger partial charge in [0, 0.05) is 54.3 Å². The maximum atomic E-state index is 14.6. The molecule has 4 heterocycles. The summed E-state index contributed by atoms with van der Waals surface area (Å²) in [4.78, 5) is 11.9. The lowest BCUT2D eigenvalue weighted by Gasteiger charge is -2.13. The Morgan fingerprint density at radius 2 is 2.00 bits per heavy atom. The molecule has 0 amide bonds. The summed E-state index contributed by atoms with van der Waals surface area (Å²) in [6.45, 7) is 2.40. The molecule has 0 aliphatic heterocycles. The van der Waals surface area contributed by atoms with E-state index in [0.29, 0.717) is 50.9 Å². The van der Waals surface area contributed by atoms with Crippen molar-refractivity contribution in [3.63, 3.8) is 0 Å². The van der Waals surface area contributed by atoms with Gasteiger partial charge in [-0.15, -0.1) is 0 Å². The number of pyridine rings is 2. The number of nitrogens with two attached hydrogens (primary N) is 1. The zero-order valence-electron chi connectivity index (χ0n) is 18.9. The van der Waals surface area contributed by atoms with Crippen LogP contribution in [0.15, 0.2) is 49.1 Å². The molecule has 0 radical (unpaired) electrons. The molecule has 5 N–H and O–H groups in total. The molecule has 5 aromatic rings. The first kappa shape index (κ1) is 23.3. The van der Waals surface area contributed by atoms with Crippen molar-refractivity contribution in [1.29, 1.82) is 5.41 Å². The third kappa shape index (κ3) is 4.10. The molecule has 0 unspecified atom stereocenters. The Morgan fingerprint density at radius 3 is 2.69 bits per heavy atom. The molecule has 0 atom stereocenters. The van der Waals surface area contributed by atoms with Crippen LogP contribution in [0.1, 0.15) is 18.2 Å². The van der Waals surface area contributed by atoms with Crippen LogP contribution in [0.2, 0.25) is 0 Å². The molecule has 5 rings (SSSR count). The molecular formula is C24H20F4N8. The van der Waals surface area contributed by atoms with E-state index in [2.05, 4.69) is 25.4 Å². The predicted molar refractivity (Wildman–Crippen MR) is 129 cm³/mol. The fourth-order valence-electron chi connectivity index (χ4n) is 4.24. The highest BCUT2D eigenvalue weighted by molar-refractivity contribution is 6.15. The molecule has 0 spiro atoms. The molecular weight excluding hydrogens is 476 g/mol. The third-order valence-corrected chi connectivity index (χ3v) is 5.64. The summed E-state index contributed by atoms with van der Waals surface area (Å²) in [6, 6.07) is 5.25. The summed E-state index contributed by atoms with van der Waals surface area (Å²) >= 11 is 0. The summed E-state index contributed by atoms with van der Waals surface area (Å²) in [5.41, 5.74) is 7.74. The highest BCUT2D eigenvalue weighted by Gasteiger charge is 2.34. The van der Waals surface area contributed by atoms with Gasteiger partial charge in [0.2, 0.25) is 0 Å². The summed E-state index contributed by atoms with van der Waals surface area (Å²) in [6.07, 6.45) is 1.29. The first-order chi connectivity index (χ1) is 17.2. The normalized spacial score (nSPS) is 11.9. The summed E-state index contributed by atoms with van der Waals surface area (Å²) in [7, 11) is 0. The molecule has 0 aliphatic carbocycles. The van der Waals surface area contributed by atoms with Gasteiger partial charge in [-0.2, -0.15) is 18.3 Å². The van der Waals surface area contributed by atoms with Crippen LogP contribution >= 0.6 is 0 Å². The Bertz CT molecular complexity index is 1620. The summed E-state index contributed by atoms with van der Waals surface area (Å²) in [5.74, 6) is -0.579. The largest absolute Gasteiger partial charge is 0.435 e. The monoisotopic (exact) mass is 496 g/mol. The van der Waals surface area contributed by atoms with Crippen LogP contribution in [0.3, 0.4) is 0 Å². The Kier molecular flexibility index (Phi) is 5.58. The second-order valence-electron chi connectivity index (χ2n) is 8.20. The van der Waals surface area contributed by atoms with Crippen LogP contribution in [-0.4, -0.2) is 37.1 Å². The number of nitrogens with one attached hydrogen (secondary N) is 3. The van der Waals surface area contributed by atoms with E-state index in [1.165, 1.54) is 30.7 Å². The van der Waals surface area contributed by atoms with Crippen LogP contribution in [0.5, 0.6) is 0 Å². The number of benzene rings is 1. The van der Waals surface area contributed by atoms with Crippen LogP contribution in [0, 0.1) is 11.2 Å². The number of H-pyrrole nitrogens is 1. The maximum absolute atomic E-state index is 14.6. The van der Waals surface area contributed by atoms with Crippen molar-refractivity contribution in [1.82, 2.24) is 24.7 Å². The number of halogens is 4. The van der Waals surface area contributed by atoms with Gasteiger partial charge in [0.25, 0.3) is 0 Å². The van der Waals surface area contributed by atoms with Crippen molar-refractivity contribution in [2.24, 2.45) is 5.73 Å². The first-order valence-electron chi connectivity index (χ1n) is 10.9. The maximum Gasteiger partial charge on any atom is 0.435 e. The molecule has 0 bridgehead atoms. The topological polar surface area (TPSA) is 121 Å². The second-order valence-corrected chi connectivity index (χ2v) is 8.20. The summed E-state index contributed by atoms with van der Waals surface area (Å²) < 4.78 is 56.0. The van der Waals surface area contributed by atoms with Gasteiger partial charge < -0.3 is 16.0 Å². The number of nitrogens with zero attached hydrogens (tertiary/aromatic N) is 4. The van der Waals surface area contributed by atoms with Gasteiger partial charge in [0.1, 0.15) is 11.5 Å². The fourth-order valence-corrected chi connectivity index (χ4v) is 4.24. The molecule has 12 heteroatoms. The Balaban J connectivity index is 1.86. The molecule has 0 aliphatic rings. The molecule has 4 aromatic heterocycles. The average molecular weight is 496 g/mol. The van der Waals surface area contributed by atoms with Crippen LogP contribution in [-0.2, 0) is 12.6 Å². The van der Waals surface area contributed by atoms with E-state index >= 15 is 0 Å². The number of rotatable bonds is 6. The molecule has 184 valence electrons. The molecule has 0 saturated heterocycles. The Morgan fingerprint density at radius 1 is 1.19 bits per heavy atom. The molecule has 8 nitrogen and oxygen atoms in total. The number of alkyl halides is 3. The van der Waals surface area contributed by atoms with Gasteiger partial charge in [-0.25, -0.2) is 14.1 Å². The van der Waals surface area contributed by atoms with Gasteiger partial charge in [-0.1, -0.05) is 0 Å². The van der Waals surface area contributed by atoms with E-state index in [4.69, 9.17) is 11.1 Å². The average Bonchev–Trinajstić information content (AvgIpc) is 3.44. The highest BCUT2D eigenvalue weighted by Crippen LogP contribution is 2.39. The van der Waals surface area contributed by atoms with Gasteiger partial charge >= 0.3 is 6.18 Å². The molecule has 1 aromatic carbocycles. The van der Waals surface area contributed by atoms with Crippen LogP contribution < -0.4 is 11.1 Å². The molecule has 36 heavy (non-hydrogen) atoms. The first-order valence-corrected chi connectivity index (χ1v) is 10.9. The number of aromatic nitrogens is 5. The van der Waals surface area contributed by atoms with Crippen LogP contribution in [0.4, 0.5) is 23.2 Å². The summed E-state index contributed by atoms with van der Waals surface area (Å²) in [5, 5.41) is 15.3. The fraction of sp³-hybridized carbons (Fsp3) is 0.167. The lowest BCUT2D eigenvalue weighted by atomic mass is 10.0. The van der Waals surface area contributed by atoms with Crippen molar-refractivity contribution in [2.45, 2.75) is 19.5 Å². The van der Waals surface area contributed by atoms with E-state index in [1.54, 1.807) is 12.3 Å². The zero-order chi connectivity index (χ0) is 25.6. The van der Waals surface area contributed by atoms with Crippen molar-refractivity contribution in [3.8, 4) is 16.8 Å². The van der Waals surface area contributed by atoms with Crippen LogP contribution in [0.25, 0.3) is 38.8 Å². The number of fused-ring (bicyclic) bond motifs is 3. The van der Waals surface area contributed by atoms with Crippen molar-refractivity contribution in [3.05, 3.63) is 66.1 Å². The van der Waals surface area contributed by atoms with Gasteiger partial charge in [-0.05, 0) is 36.8 Å². The molecule has 0 fully saturated rings. The van der Waals surface area contributed by atoms with E-state index in [9.17, 15) is 17.6 Å². The quantitative estimate of drug-likeness (QED) is 0.149. The Labute approximate surface area is 201 Å². The minimum Gasteiger partial charge on any atom is -0.387 e. The smallest absolute Gasteiger partial charge is 0.387 e. The minimum absolute atomic E-state index is 0.0623. The van der Waals surface area contributed by atoms with E-state index in [1.807, 2.05) is 6.92 Å².